The summed E-state index contributed by atoms with van der Waals surface area (Å²) in [4.78, 5) is 15.4. The molecule has 1 amide bonds. The van der Waals surface area contributed by atoms with E-state index in [0.29, 0.717) is 13.1 Å². The first kappa shape index (κ1) is 17.7. The highest BCUT2D eigenvalue weighted by molar-refractivity contribution is 5.89. The van der Waals surface area contributed by atoms with E-state index in [1.54, 1.807) is 6.26 Å². The van der Waals surface area contributed by atoms with E-state index in [4.69, 9.17) is 9.68 Å². The number of nitrogens with one attached hydrogen (secondary N) is 1. The number of furan rings is 1. The van der Waals surface area contributed by atoms with Crippen LogP contribution in [-0.4, -0.2) is 59.9 Å². The van der Waals surface area contributed by atoms with Crippen LogP contribution in [0.2, 0.25) is 0 Å². The molecular weight excluding hydrogens is 354 g/mol. The van der Waals surface area contributed by atoms with E-state index in [0.717, 1.165) is 28.0 Å². The second-order valence-electron chi connectivity index (χ2n) is 7.24. The van der Waals surface area contributed by atoms with Crippen LogP contribution in [-0.2, 0) is 4.79 Å². The number of anilines is 1. The van der Waals surface area contributed by atoms with Crippen LogP contribution in [0.1, 0.15) is 12.8 Å². The molecule has 0 aliphatic carbocycles. The Morgan fingerprint density at radius 3 is 3.07 bits per heavy atom. The van der Waals surface area contributed by atoms with Crippen LogP contribution in [0, 0.1) is 11.3 Å². The number of hydrogen-bond acceptors (Lipinski definition) is 5. The van der Waals surface area contributed by atoms with Crippen LogP contribution in [0.3, 0.4) is 0 Å². The number of nitriles is 1. The largest absolute Gasteiger partial charge is 0.462 e. The summed E-state index contributed by atoms with van der Waals surface area (Å²) in [5.41, 5.74) is 1.70. The molecule has 2 aliphatic heterocycles. The molecule has 0 radical (unpaired) electrons. The molecule has 2 aromatic rings. The van der Waals surface area contributed by atoms with Gasteiger partial charge in [0.05, 0.1) is 31.1 Å². The van der Waals surface area contributed by atoms with Crippen LogP contribution >= 0.6 is 0 Å². The van der Waals surface area contributed by atoms with Gasteiger partial charge in [-0.15, -0.1) is 0 Å². The molecule has 2 atom stereocenters. The number of carbonyl (C=O) groups excluding carboxylic acids is 1. The van der Waals surface area contributed by atoms with Gasteiger partial charge >= 0.3 is 0 Å². The summed E-state index contributed by atoms with van der Waals surface area (Å²) in [6.07, 6.45) is 1.90. The average molecular weight is 374 g/mol. The molecular formula is C19H20F2N4O2. The molecule has 1 aromatic heterocycles. The number of nitrogens with zero attached hydrogens (tertiary/aromatic N) is 3. The van der Waals surface area contributed by atoms with E-state index >= 15 is 0 Å². The predicted octanol–water partition coefficient (Wildman–Crippen LogP) is 2.68. The van der Waals surface area contributed by atoms with Crippen molar-refractivity contribution < 1.29 is 18.0 Å². The Kier molecular flexibility index (Phi) is 4.48. The highest BCUT2D eigenvalue weighted by atomic mass is 19.3. The number of rotatable bonds is 4. The molecule has 6 nitrogen and oxygen atoms in total. The minimum absolute atomic E-state index is 0.0530. The number of alkyl halides is 2. The summed E-state index contributed by atoms with van der Waals surface area (Å²) in [5, 5.41) is 13.5. The zero-order chi connectivity index (χ0) is 19.0. The number of halogens is 2. The number of likely N-dealkylation sites (tertiary alicyclic amines) is 2. The van der Waals surface area contributed by atoms with Crippen molar-refractivity contribution in [3.63, 3.8) is 0 Å². The van der Waals surface area contributed by atoms with E-state index in [9.17, 15) is 13.6 Å². The first-order chi connectivity index (χ1) is 12.9. The van der Waals surface area contributed by atoms with Crippen LogP contribution in [0.5, 0.6) is 0 Å². The van der Waals surface area contributed by atoms with Gasteiger partial charge in [-0.05, 0) is 18.6 Å². The van der Waals surface area contributed by atoms with Gasteiger partial charge in [-0.1, -0.05) is 12.1 Å². The maximum absolute atomic E-state index is 13.5. The Morgan fingerprint density at radius 2 is 2.26 bits per heavy atom. The molecule has 0 spiro atoms. The molecule has 1 N–H and O–H groups in total. The van der Waals surface area contributed by atoms with Crippen molar-refractivity contribution in [2.24, 2.45) is 0 Å². The summed E-state index contributed by atoms with van der Waals surface area (Å²) < 4.78 is 32.6. The van der Waals surface area contributed by atoms with E-state index < -0.39 is 30.8 Å². The number of benzene rings is 1. The van der Waals surface area contributed by atoms with Crippen molar-refractivity contribution >= 4 is 22.6 Å². The SMILES string of the molecule is N#C[C@@H]1CC(F)(F)CN1C(=O)CN1CC[C@H](Nc2cccc3ccoc23)C1. The molecule has 27 heavy (non-hydrogen) atoms. The van der Waals surface area contributed by atoms with Crippen molar-refractivity contribution in [3.05, 3.63) is 30.5 Å². The van der Waals surface area contributed by atoms with Gasteiger partial charge in [0.1, 0.15) is 6.04 Å². The highest BCUT2D eigenvalue weighted by Crippen LogP contribution is 2.32. The van der Waals surface area contributed by atoms with Gasteiger partial charge in [0, 0.05) is 30.9 Å². The minimum atomic E-state index is -2.98. The quantitative estimate of drug-likeness (QED) is 0.891. The molecule has 1 aromatic carbocycles. The third-order valence-electron chi connectivity index (χ3n) is 5.21. The maximum Gasteiger partial charge on any atom is 0.268 e. The molecule has 3 heterocycles. The van der Waals surface area contributed by atoms with Crippen molar-refractivity contribution in [2.75, 3.05) is 31.5 Å². The van der Waals surface area contributed by atoms with Crippen LogP contribution in [0.15, 0.2) is 34.9 Å². The molecule has 142 valence electrons. The monoisotopic (exact) mass is 374 g/mol. The van der Waals surface area contributed by atoms with Crippen molar-refractivity contribution in [1.29, 1.82) is 5.26 Å². The summed E-state index contributed by atoms with van der Waals surface area (Å²) in [6, 6.07) is 8.69. The number of fused-ring (bicyclic) bond motifs is 1. The van der Waals surface area contributed by atoms with Gasteiger partial charge in [0.25, 0.3) is 5.92 Å². The lowest BCUT2D eigenvalue weighted by Gasteiger charge is -2.23. The Balaban J connectivity index is 1.35. The van der Waals surface area contributed by atoms with Crippen LogP contribution in [0.4, 0.5) is 14.5 Å². The Bertz CT molecular complexity index is 891. The average Bonchev–Trinajstić information content (AvgIpc) is 3.33. The minimum Gasteiger partial charge on any atom is -0.462 e. The Labute approximate surface area is 155 Å². The van der Waals surface area contributed by atoms with Gasteiger partial charge in [0.15, 0.2) is 5.58 Å². The molecule has 2 aliphatic rings. The lowest BCUT2D eigenvalue weighted by Crippen LogP contribution is -2.43. The lowest BCUT2D eigenvalue weighted by atomic mass is 10.2. The molecule has 2 fully saturated rings. The van der Waals surface area contributed by atoms with Gasteiger partial charge in [-0.2, -0.15) is 5.26 Å². The standard InChI is InChI=1S/C19H20F2N4O2/c20-19(21)8-15(9-22)25(12-19)17(26)11-24-6-4-14(10-24)23-16-3-1-2-13-5-7-27-18(13)16/h1-3,5,7,14-15,23H,4,6,8,10-12H2/t14-,15-/m0/s1. The first-order valence-electron chi connectivity index (χ1n) is 8.97. The van der Waals surface area contributed by atoms with E-state index in [1.807, 2.05) is 35.2 Å². The summed E-state index contributed by atoms with van der Waals surface area (Å²) in [7, 11) is 0. The topological polar surface area (TPSA) is 72.5 Å². The third-order valence-corrected chi connectivity index (χ3v) is 5.21. The van der Waals surface area contributed by atoms with E-state index in [-0.39, 0.29) is 12.6 Å². The fourth-order valence-corrected chi connectivity index (χ4v) is 3.90. The van der Waals surface area contributed by atoms with E-state index in [1.165, 1.54) is 0 Å². The molecule has 0 bridgehead atoms. The van der Waals surface area contributed by atoms with Crippen molar-refractivity contribution in [1.82, 2.24) is 9.80 Å². The van der Waals surface area contributed by atoms with Crippen LogP contribution < -0.4 is 5.32 Å². The summed E-state index contributed by atoms with van der Waals surface area (Å²) >= 11 is 0. The lowest BCUT2D eigenvalue weighted by molar-refractivity contribution is -0.133. The Hall–Kier alpha value is -2.66. The molecule has 0 saturated carbocycles. The van der Waals surface area contributed by atoms with Crippen LogP contribution in [0.25, 0.3) is 11.0 Å². The fraction of sp³-hybridized carbons (Fsp3) is 0.474. The zero-order valence-corrected chi connectivity index (χ0v) is 14.7. The molecule has 2 saturated heterocycles. The Morgan fingerprint density at radius 1 is 1.41 bits per heavy atom. The second kappa shape index (κ2) is 6.82. The highest BCUT2D eigenvalue weighted by Gasteiger charge is 2.47. The van der Waals surface area contributed by atoms with Crippen molar-refractivity contribution in [2.45, 2.75) is 30.8 Å². The molecule has 0 unspecified atom stereocenters. The normalized spacial score (nSPS) is 25.0. The number of para-hydroxylation sites is 1. The maximum atomic E-state index is 13.5. The zero-order valence-electron chi connectivity index (χ0n) is 14.7. The predicted molar refractivity (Wildman–Crippen MR) is 95.4 cm³/mol. The summed E-state index contributed by atoms with van der Waals surface area (Å²) in [6.45, 7) is 0.709. The second-order valence-corrected chi connectivity index (χ2v) is 7.24. The van der Waals surface area contributed by atoms with Gasteiger partial charge in [-0.3, -0.25) is 9.69 Å². The number of hydrogen-bond donors (Lipinski definition) is 1. The van der Waals surface area contributed by atoms with Gasteiger partial charge < -0.3 is 14.6 Å². The first-order valence-corrected chi connectivity index (χ1v) is 8.97. The number of carbonyl (C=O) groups is 1. The molecule has 4 rings (SSSR count). The summed E-state index contributed by atoms with van der Waals surface area (Å²) in [5.74, 6) is -3.39. The van der Waals surface area contributed by atoms with E-state index in [2.05, 4.69) is 5.32 Å². The van der Waals surface area contributed by atoms with Gasteiger partial charge in [-0.25, -0.2) is 8.78 Å². The molecule has 8 heteroatoms. The van der Waals surface area contributed by atoms with Gasteiger partial charge in [0.2, 0.25) is 5.91 Å². The fourth-order valence-electron chi connectivity index (χ4n) is 3.90. The smallest absolute Gasteiger partial charge is 0.268 e. The third kappa shape index (κ3) is 3.60. The van der Waals surface area contributed by atoms with Crippen molar-refractivity contribution in [3.8, 4) is 6.07 Å². The number of amides is 1.